The average Bonchev–Trinajstić information content (AvgIpc) is 2.74. The zero-order valence-electron chi connectivity index (χ0n) is 16.4. The van der Waals surface area contributed by atoms with E-state index in [4.69, 9.17) is 0 Å². The van der Waals surface area contributed by atoms with Gasteiger partial charge in [0.2, 0.25) is 0 Å². The van der Waals surface area contributed by atoms with E-state index in [-0.39, 0.29) is 10.5 Å². The van der Waals surface area contributed by atoms with Gasteiger partial charge in [-0.1, -0.05) is 24.3 Å². The van der Waals surface area contributed by atoms with Crippen molar-refractivity contribution in [2.24, 2.45) is 0 Å². The first-order valence-corrected chi connectivity index (χ1v) is 10.3. The highest BCUT2D eigenvalue weighted by Crippen LogP contribution is 2.24. The predicted molar refractivity (Wildman–Crippen MR) is 115 cm³/mol. The lowest BCUT2D eigenvalue weighted by Crippen LogP contribution is -2.26. The van der Waals surface area contributed by atoms with E-state index in [1.807, 2.05) is 20.2 Å². The summed E-state index contributed by atoms with van der Waals surface area (Å²) in [6.45, 7) is 0. The Labute approximate surface area is 170 Å². The molecular formula is C21H22N4O3S. The molecule has 150 valence electrons. The van der Waals surface area contributed by atoms with Gasteiger partial charge in [-0.25, -0.2) is 13.4 Å². The highest BCUT2D eigenvalue weighted by molar-refractivity contribution is 7.92. The minimum absolute atomic E-state index is 0.0375. The molecule has 7 nitrogen and oxygen atoms in total. The average molecular weight is 410 g/mol. The molecule has 0 saturated heterocycles. The predicted octanol–water partition coefficient (Wildman–Crippen LogP) is 3.23. The van der Waals surface area contributed by atoms with Crippen LogP contribution in [0.2, 0.25) is 0 Å². The summed E-state index contributed by atoms with van der Waals surface area (Å²) < 4.78 is 27.2. The molecule has 2 aromatic carbocycles. The largest absolute Gasteiger partial charge is 0.361 e. The Bertz CT molecular complexity index is 1120. The zero-order valence-corrected chi connectivity index (χ0v) is 17.2. The van der Waals surface area contributed by atoms with Gasteiger partial charge in [0.1, 0.15) is 0 Å². The van der Waals surface area contributed by atoms with Gasteiger partial charge in [0.15, 0.2) is 5.82 Å². The summed E-state index contributed by atoms with van der Waals surface area (Å²) in [6, 6.07) is 18.2. The van der Waals surface area contributed by atoms with Crippen LogP contribution in [0.3, 0.4) is 0 Å². The number of nitrogens with zero attached hydrogens (tertiary/aromatic N) is 3. The standard InChI is InChI=1S/C21H22N4O3S/c1-24(2)20-19(13-8-14-22-20)23-21(26)16-9-7-12-18(15-16)29(27,28)25(3)17-10-5-4-6-11-17/h4-15H,1-3H3,(H,23,26). The van der Waals surface area contributed by atoms with E-state index in [0.717, 1.165) is 0 Å². The smallest absolute Gasteiger partial charge is 0.264 e. The van der Waals surface area contributed by atoms with Gasteiger partial charge >= 0.3 is 0 Å². The number of carbonyl (C=O) groups excluding carboxylic acids is 1. The molecule has 1 N–H and O–H groups in total. The summed E-state index contributed by atoms with van der Waals surface area (Å²) in [7, 11) is 1.32. The maximum Gasteiger partial charge on any atom is 0.264 e. The maximum atomic E-state index is 13.0. The van der Waals surface area contributed by atoms with E-state index in [2.05, 4.69) is 10.3 Å². The number of sulfonamides is 1. The number of aromatic nitrogens is 1. The Balaban J connectivity index is 1.89. The van der Waals surface area contributed by atoms with Gasteiger partial charge in [-0.05, 0) is 42.5 Å². The van der Waals surface area contributed by atoms with Gasteiger partial charge in [-0.15, -0.1) is 0 Å². The fourth-order valence-corrected chi connectivity index (χ4v) is 4.02. The second-order valence-corrected chi connectivity index (χ2v) is 8.53. The van der Waals surface area contributed by atoms with Crippen molar-refractivity contribution in [3.05, 3.63) is 78.5 Å². The highest BCUT2D eigenvalue weighted by atomic mass is 32.2. The second kappa shape index (κ2) is 8.32. The van der Waals surface area contributed by atoms with E-state index in [9.17, 15) is 13.2 Å². The molecule has 0 aliphatic heterocycles. The molecule has 0 fully saturated rings. The quantitative estimate of drug-likeness (QED) is 0.675. The van der Waals surface area contributed by atoms with Crippen molar-refractivity contribution >= 4 is 33.1 Å². The molecular weight excluding hydrogens is 388 g/mol. The first kappa shape index (κ1) is 20.3. The fraction of sp³-hybridized carbons (Fsp3) is 0.143. The minimum Gasteiger partial charge on any atom is -0.361 e. The Morgan fingerprint density at radius 2 is 1.66 bits per heavy atom. The molecule has 0 bridgehead atoms. The zero-order chi connectivity index (χ0) is 21.0. The topological polar surface area (TPSA) is 82.6 Å². The number of amides is 1. The van der Waals surface area contributed by atoms with Gasteiger partial charge in [-0.3, -0.25) is 9.10 Å². The second-order valence-electron chi connectivity index (χ2n) is 6.56. The summed E-state index contributed by atoms with van der Waals surface area (Å²) in [5.74, 6) is 0.189. The lowest BCUT2D eigenvalue weighted by molar-refractivity contribution is 0.102. The van der Waals surface area contributed by atoms with Crippen molar-refractivity contribution in [3.8, 4) is 0 Å². The number of benzene rings is 2. The van der Waals surface area contributed by atoms with Crippen molar-refractivity contribution in [1.82, 2.24) is 4.98 Å². The van der Waals surface area contributed by atoms with Crippen molar-refractivity contribution in [2.45, 2.75) is 4.90 Å². The summed E-state index contributed by atoms with van der Waals surface area (Å²) in [5, 5.41) is 2.80. The molecule has 0 aliphatic rings. The number of hydrogen-bond acceptors (Lipinski definition) is 5. The normalized spacial score (nSPS) is 11.0. The molecule has 0 aliphatic carbocycles. The third-order valence-corrected chi connectivity index (χ3v) is 6.11. The summed E-state index contributed by atoms with van der Waals surface area (Å²) in [6.07, 6.45) is 1.64. The molecule has 1 amide bonds. The van der Waals surface area contributed by atoms with Gasteiger partial charge in [-0.2, -0.15) is 0 Å². The van der Waals surface area contributed by atoms with Crippen LogP contribution in [0.1, 0.15) is 10.4 Å². The Morgan fingerprint density at radius 3 is 2.34 bits per heavy atom. The number of nitrogens with one attached hydrogen (secondary N) is 1. The summed E-state index contributed by atoms with van der Waals surface area (Å²) >= 11 is 0. The van der Waals surface area contributed by atoms with Crippen LogP contribution in [0.25, 0.3) is 0 Å². The van der Waals surface area contributed by atoms with Crippen molar-refractivity contribution < 1.29 is 13.2 Å². The first-order chi connectivity index (χ1) is 13.8. The molecule has 0 unspecified atom stereocenters. The van der Waals surface area contributed by atoms with Crippen molar-refractivity contribution in [3.63, 3.8) is 0 Å². The molecule has 1 aromatic heterocycles. The number of para-hydroxylation sites is 1. The number of hydrogen-bond donors (Lipinski definition) is 1. The van der Waals surface area contributed by atoms with E-state index in [1.54, 1.807) is 59.6 Å². The molecule has 3 rings (SSSR count). The van der Waals surface area contributed by atoms with Crippen molar-refractivity contribution in [1.29, 1.82) is 0 Å². The van der Waals surface area contributed by atoms with Gasteiger partial charge < -0.3 is 10.2 Å². The van der Waals surface area contributed by atoms with Crippen LogP contribution in [0, 0.1) is 0 Å². The van der Waals surface area contributed by atoms with Crippen LogP contribution in [0.15, 0.2) is 77.8 Å². The van der Waals surface area contributed by atoms with E-state index >= 15 is 0 Å². The van der Waals surface area contributed by atoms with E-state index < -0.39 is 15.9 Å². The van der Waals surface area contributed by atoms with Crippen LogP contribution in [0.5, 0.6) is 0 Å². The Morgan fingerprint density at radius 1 is 0.931 bits per heavy atom. The third kappa shape index (κ3) is 4.38. The van der Waals surface area contributed by atoms with Crippen LogP contribution in [0.4, 0.5) is 17.2 Å². The highest BCUT2D eigenvalue weighted by Gasteiger charge is 2.22. The molecule has 8 heteroatoms. The molecule has 3 aromatic rings. The van der Waals surface area contributed by atoms with Gasteiger partial charge in [0.25, 0.3) is 15.9 Å². The molecule has 0 atom stereocenters. The molecule has 1 heterocycles. The molecule has 0 spiro atoms. The van der Waals surface area contributed by atoms with E-state index in [0.29, 0.717) is 17.2 Å². The van der Waals surface area contributed by atoms with E-state index in [1.165, 1.54) is 23.5 Å². The SMILES string of the molecule is CN(C)c1ncccc1NC(=O)c1cccc(S(=O)(=O)N(C)c2ccccc2)c1. The first-order valence-electron chi connectivity index (χ1n) is 8.88. The monoisotopic (exact) mass is 410 g/mol. The lowest BCUT2D eigenvalue weighted by atomic mass is 10.2. The summed E-state index contributed by atoms with van der Waals surface area (Å²) in [4.78, 5) is 18.8. The van der Waals surface area contributed by atoms with Crippen LogP contribution < -0.4 is 14.5 Å². The van der Waals surface area contributed by atoms with Gasteiger partial charge in [0.05, 0.1) is 16.3 Å². The maximum absolute atomic E-state index is 13.0. The van der Waals surface area contributed by atoms with Crippen LogP contribution in [-0.2, 0) is 10.0 Å². The Hall–Kier alpha value is -3.39. The number of pyridine rings is 1. The summed E-state index contributed by atoms with van der Waals surface area (Å²) in [5.41, 5.74) is 1.31. The fourth-order valence-electron chi connectivity index (χ4n) is 2.78. The third-order valence-electron chi connectivity index (χ3n) is 4.33. The van der Waals surface area contributed by atoms with Crippen molar-refractivity contribution in [2.75, 3.05) is 35.7 Å². The van der Waals surface area contributed by atoms with Crippen LogP contribution >= 0.6 is 0 Å². The van der Waals surface area contributed by atoms with Crippen LogP contribution in [-0.4, -0.2) is 40.5 Å². The number of anilines is 3. The van der Waals surface area contributed by atoms with Gasteiger partial charge in [0, 0.05) is 32.9 Å². The lowest BCUT2D eigenvalue weighted by Gasteiger charge is -2.20. The minimum atomic E-state index is -3.81. The Kier molecular flexibility index (Phi) is 5.84. The number of rotatable bonds is 6. The molecule has 0 saturated carbocycles. The molecule has 29 heavy (non-hydrogen) atoms. The number of carbonyl (C=O) groups is 1. The molecule has 0 radical (unpaired) electrons.